The van der Waals surface area contributed by atoms with Crippen LogP contribution in [-0.4, -0.2) is 91.8 Å². The minimum atomic E-state index is -0.644. The molecule has 0 radical (unpaired) electrons. The maximum Gasteiger partial charge on any atom is 0.357 e. The Kier molecular flexibility index (Phi) is 10.9. The van der Waals surface area contributed by atoms with Crippen molar-refractivity contribution in [1.82, 2.24) is 44.8 Å². The number of anilines is 2. The van der Waals surface area contributed by atoms with Crippen LogP contribution in [0.3, 0.4) is 0 Å². The highest BCUT2D eigenvalue weighted by Crippen LogP contribution is 2.39. The Bertz CT molecular complexity index is 2130. The van der Waals surface area contributed by atoms with Crippen LogP contribution in [-0.2, 0) is 15.0 Å². The number of nitrogens with one attached hydrogen (secondary N) is 1. The molecule has 0 saturated carbocycles. The molecule has 2 amide bonds. The van der Waals surface area contributed by atoms with Gasteiger partial charge in [0.05, 0.1) is 29.8 Å². The predicted molar refractivity (Wildman–Crippen MR) is 205 cm³/mol. The second kappa shape index (κ2) is 15.9. The Hall–Kier alpha value is -5.77. The van der Waals surface area contributed by atoms with Gasteiger partial charge >= 0.3 is 12.5 Å². The van der Waals surface area contributed by atoms with Crippen LogP contribution in [0, 0.1) is 0 Å². The first-order chi connectivity index (χ1) is 26.5. The molecule has 1 saturated heterocycles. The fourth-order valence-electron chi connectivity index (χ4n) is 7.09. The minimum Gasteiger partial charge on any atom is -0.484 e. The first-order valence-electron chi connectivity index (χ1n) is 18.8. The van der Waals surface area contributed by atoms with Crippen molar-refractivity contribution in [1.29, 1.82) is 0 Å². The average Bonchev–Trinajstić information content (AvgIpc) is 3.80. The van der Waals surface area contributed by atoms with Crippen LogP contribution >= 0.6 is 0 Å². The summed E-state index contributed by atoms with van der Waals surface area (Å²) in [4.78, 5) is 35.8. The number of hydrogen-bond donors (Lipinski definition) is 1. The molecule has 1 aliphatic carbocycles. The lowest BCUT2D eigenvalue weighted by molar-refractivity contribution is -0.129. The highest BCUT2D eigenvalue weighted by Gasteiger charge is 2.34. The number of ether oxygens (including phenoxy) is 2. The van der Waals surface area contributed by atoms with Crippen molar-refractivity contribution < 1.29 is 23.9 Å². The van der Waals surface area contributed by atoms with Gasteiger partial charge in [-0.3, -0.25) is 9.20 Å². The number of pyridine rings is 1. The Balaban J connectivity index is 1.13. The summed E-state index contributed by atoms with van der Waals surface area (Å²) < 4.78 is 16.0. The van der Waals surface area contributed by atoms with Crippen LogP contribution in [0.15, 0.2) is 60.9 Å². The third kappa shape index (κ3) is 8.18. The number of likely N-dealkylation sites (N-methyl/N-ethyl adjacent to an activating group) is 1. The Morgan fingerprint density at radius 2 is 1.84 bits per heavy atom. The third-order valence-corrected chi connectivity index (χ3v) is 10.1. The molecular weight excluding hydrogens is 703 g/mol. The molecule has 3 unspecified atom stereocenters. The van der Waals surface area contributed by atoms with Crippen LogP contribution in [0.4, 0.5) is 16.6 Å². The second-order valence-electron chi connectivity index (χ2n) is 15.4. The lowest BCUT2D eigenvalue weighted by Crippen LogP contribution is -2.43. The van der Waals surface area contributed by atoms with E-state index in [-0.39, 0.29) is 18.4 Å². The fourth-order valence-corrected chi connectivity index (χ4v) is 7.09. The van der Waals surface area contributed by atoms with E-state index in [1.165, 1.54) is 17.3 Å². The summed E-state index contributed by atoms with van der Waals surface area (Å²) in [6.07, 6.45) is 7.87. The van der Waals surface area contributed by atoms with Gasteiger partial charge in [-0.15, -0.1) is 20.4 Å². The van der Waals surface area contributed by atoms with E-state index in [2.05, 4.69) is 37.5 Å². The van der Waals surface area contributed by atoms with Gasteiger partial charge in [-0.25, -0.2) is 9.48 Å². The molecule has 1 fully saturated rings. The number of aromatic nitrogens is 7. The van der Waals surface area contributed by atoms with Crippen molar-refractivity contribution >= 4 is 29.9 Å². The number of rotatable bonds is 12. The van der Waals surface area contributed by atoms with Crippen LogP contribution in [0.5, 0.6) is 11.6 Å². The number of carbonyl (C=O) groups excluding carboxylic acids is 2. The fraction of sp³-hybridized carbons (Fsp3) is 0.462. The SMILES string of the molecule is CC1CCCCN1c1nnc2ccc(OC3CCC(NC(=O)N(OC=O)c4cc(C(C)(C)C)nn4-c4cnnc(OCCN(C)C)c4)c4ccccc43)cn12. The highest BCUT2D eigenvalue weighted by molar-refractivity contribution is 5.90. The summed E-state index contributed by atoms with van der Waals surface area (Å²) in [6, 6.07) is 14.5. The number of nitrogens with zero attached hydrogens (tertiary/aromatic N) is 10. The maximum atomic E-state index is 14.2. The molecule has 4 aromatic heterocycles. The molecule has 290 valence electrons. The highest BCUT2D eigenvalue weighted by atomic mass is 16.7. The Morgan fingerprint density at radius 1 is 1.02 bits per heavy atom. The Labute approximate surface area is 320 Å². The van der Waals surface area contributed by atoms with E-state index in [4.69, 9.17) is 19.4 Å². The molecule has 2 aliphatic rings. The largest absolute Gasteiger partial charge is 0.484 e. The van der Waals surface area contributed by atoms with Gasteiger partial charge in [-0.2, -0.15) is 10.2 Å². The third-order valence-electron chi connectivity index (χ3n) is 10.1. The molecule has 1 aliphatic heterocycles. The lowest BCUT2D eigenvalue weighted by atomic mass is 9.85. The van der Waals surface area contributed by atoms with Crippen molar-refractivity contribution in [3.8, 4) is 17.3 Å². The number of urea groups is 1. The molecule has 1 N–H and O–H groups in total. The summed E-state index contributed by atoms with van der Waals surface area (Å²) in [6.45, 7) is 10.5. The number of fused-ring (bicyclic) bond motifs is 2. The summed E-state index contributed by atoms with van der Waals surface area (Å²) in [5, 5.41) is 26.0. The van der Waals surface area contributed by atoms with Crippen LogP contribution in [0.25, 0.3) is 11.3 Å². The number of hydrogen-bond acceptors (Lipinski definition) is 12. The van der Waals surface area contributed by atoms with E-state index >= 15 is 0 Å². The topological polar surface area (TPSA) is 157 Å². The van der Waals surface area contributed by atoms with Gasteiger partial charge in [-0.1, -0.05) is 45.0 Å². The van der Waals surface area contributed by atoms with Crippen molar-refractivity contribution in [3.63, 3.8) is 0 Å². The van der Waals surface area contributed by atoms with Gasteiger partial charge in [0.1, 0.15) is 18.5 Å². The standard InChI is InChI=1S/C39H49N11O5/c1-26-11-9-10-18-47(26)37-44-42-34-17-14-28(24-48(34)37)55-32-16-15-31(29-12-7-8-13-30(29)32)41-38(52)50(54-25-51)36-22-33(39(2,3)4)45-49(36)27-21-35(43-40-23-27)53-20-19-46(5)6/h7-8,12-14,17,21-26,31-32H,9-11,15-16,18-20H2,1-6H3,(H,41,52). The van der Waals surface area contributed by atoms with Gasteiger partial charge in [0, 0.05) is 36.7 Å². The van der Waals surface area contributed by atoms with Gasteiger partial charge < -0.3 is 29.4 Å². The lowest BCUT2D eigenvalue weighted by Gasteiger charge is -2.34. The van der Waals surface area contributed by atoms with E-state index in [0.717, 1.165) is 47.2 Å². The summed E-state index contributed by atoms with van der Waals surface area (Å²) >= 11 is 0. The predicted octanol–water partition coefficient (Wildman–Crippen LogP) is 5.58. The summed E-state index contributed by atoms with van der Waals surface area (Å²) in [5.41, 5.74) is 3.36. The molecule has 0 bridgehead atoms. The van der Waals surface area contributed by atoms with Crippen LogP contribution in [0.2, 0.25) is 0 Å². The quantitative estimate of drug-likeness (QED) is 0.125. The number of piperidine rings is 1. The van der Waals surface area contributed by atoms with Gasteiger partial charge in [0.25, 0.3) is 0 Å². The van der Waals surface area contributed by atoms with E-state index in [1.807, 2.05) is 86.8 Å². The van der Waals surface area contributed by atoms with Crippen LogP contribution < -0.4 is 24.8 Å². The molecule has 3 atom stereocenters. The molecular formula is C39H49N11O5. The van der Waals surface area contributed by atoms with E-state index < -0.39 is 17.5 Å². The molecule has 16 heteroatoms. The maximum absolute atomic E-state index is 14.2. The average molecular weight is 752 g/mol. The van der Waals surface area contributed by atoms with Crippen molar-refractivity contribution in [2.24, 2.45) is 0 Å². The van der Waals surface area contributed by atoms with Gasteiger partial charge in [0.2, 0.25) is 11.8 Å². The summed E-state index contributed by atoms with van der Waals surface area (Å²) in [7, 11) is 3.90. The molecule has 0 spiro atoms. The zero-order chi connectivity index (χ0) is 38.7. The molecule has 7 rings (SSSR count). The van der Waals surface area contributed by atoms with E-state index in [9.17, 15) is 9.59 Å². The second-order valence-corrected chi connectivity index (χ2v) is 15.4. The first-order valence-corrected chi connectivity index (χ1v) is 18.8. The molecule has 55 heavy (non-hydrogen) atoms. The van der Waals surface area contributed by atoms with Crippen molar-refractivity contribution in [3.05, 3.63) is 77.7 Å². The number of hydroxylamine groups is 1. The summed E-state index contributed by atoms with van der Waals surface area (Å²) in [5.74, 6) is 2.02. The molecule has 1 aromatic carbocycles. The number of carbonyl (C=O) groups is 2. The van der Waals surface area contributed by atoms with Gasteiger partial charge in [0.15, 0.2) is 11.5 Å². The van der Waals surface area contributed by atoms with Crippen molar-refractivity contribution in [2.75, 3.05) is 43.8 Å². The molecule has 5 heterocycles. The van der Waals surface area contributed by atoms with E-state index in [1.54, 1.807) is 12.1 Å². The number of amides is 2. The Morgan fingerprint density at radius 3 is 2.60 bits per heavy atom. The number of benzene rings is 1. The van der Waals surface area contributed by atoms with E-state index in [0.29, 0.717) is 55.0 Å². The normalized spacial score (nSPS) is 18.5. The smallest absolute Gasteiger partial charge is 0.357 e. The minimum absolute atomic E-state index is 0.203. The zero-order valence-electron chi connectivity index (χ0n) is 32.3. The van der Waals surface area contributed by atoms with Crippen LogP contribution in [0.1, 0.15) is 88.8 Å². The zero-order valence-corrected chi connectivity index (χ0v) is 32.3. The molecule has 5 aromatic rings. The molecule has 16 nitrogen and oxygen atoms in total. The monoisotopic (exact) mass is 751 g/mol. The van der Waals surface area contributed by atoms with Gasteiger partial charge in [-0.05, 0) is 76.4 Å². The first kappa shape index (κ1) is 37.5. The van der Waals surface area contributed by atoms with Crippen molar-refractivity contribution in [2.45, 2.75) is 83.4 Å².